The number of carboxylic acids is 1. The molecule has 1 amide bonds. The lowest BCUT2D eigenvalue weighted by molar-refractivity contribution is 0.0690. The summed E-state index contributed by atoms with van der Waals surface area (Å²) in [5, 5.41) is 20.9. The van der Waals surface area contributed by atoms with Gasteiger partial charge in [-0.3, -0.25) is 4.79 Å². The number of rotatable bonds is 5. The van der Waals surface area contributed by atoms with Crippen molar-refractivity contribution in [3.05, 3.63) is 47.0 Å². The number of phenols is 1. The Hall–Kier alpha value is -2.54. The fourth-order valence-corrected chi connectivity index (χ4v) is 1.88. The van der Waals surface area contributed by atoms with Gasteiger partial charge < -0.3 is 20.1 Å². The van der Waals surface area contributed by atoms with E-state index in [9.17, 15) is 14.7 Å². The van der Waals surface area contributed by atoms with Gasteiger partial charge in [0, 0.05) is 19.3 Å². The summed E-state index contributed by atoms with van der Waals surface area (Å²) in [6.07, 6.45) is 2.74. The predicted octanol–water partition coefficient (Wildman–Crippen LogP) is 1.37. The van der Waals surface area contributed by atoms with Crippen molar-refractivity contribution < 1.29 is 19.8 Å². The molecule has 0 aliphatic rings. The van der Waals surface area contributed by atoms with E-state index >= 15 is 0 Å². The monoisotopic (exact) mass is 309 g/mol. The Balaban J connectivity index is 1.92. The van der Waals surface area contributed by atoms with Crippen LogP contribution in [-0.2, 0) is 6.54 Å². The van der Waals surface area contributed by atoms with Gasteiger partial charge in [-0.1, -0.05) is 11.6 Å². The molecule has 0 radical (unpaired) electrons. The molecule has 1 heterocycles. The minimum Gasteiger partial charge on any atom is -0.508 e. The van der Waals surface area contributed by atoms with Crippen LogP contribution in [0.3, 0.4) is 0 Å². The van der Waals surface area contributed by atoms with E-state index in [0.29, 0.717) is 6.54 Å². The maximum absolute atomic E-state index is 11.9. The van der Waals surface area contributed by atoms with E-state index in [1.54, 1.807) is 4.57 Å². The molecule has 0 aliphatic heterocycles. The van der Waals surface area contributed by atoms with Crippen molar-refractivity contribution in [3.63, 3.8) is 0 Å². The number of aromatic hydroxyl groups is 1. The molecule has 21 heavy (non-hydrogen) atoms. The highest BCUT2D eigenvalue weighted by Gasteiger charge is 2.11. The molecule has 0 saturated carbocycles. The van der Waals surface area contributed by atoms with Gasteiger partial charge in [-0.2, -0.15) is 0 Å². The van der Waals surface area contributed by atoms with Gasteiger partial charge in [0.2, 0.25) is 0 Å². The van der Waals surface area contributed by atoms with Gasteiger partial charge in [0.15, 0.2) is 5.69 Å². The van der Waals surface area contributed by atoms with Crippen LogP contribution in [0.1, 0.15) is 20.8 Å². The molecule has 1 aromatic carbocycles. The van der Waals surface area contributed by atoms with Crippen molar-refractivity contribution in [1.82, 2.24) is 14.9 Å². The molecular formula is C13H12ClN3O4. The van der Waals surface area contributed by atoms with E-state index in [1.165, 1.54) is 30.7 Å². The fraction of sp³-hybridized carbons (Fsp3) is 0.154. The van der Waals surface area contributed by atoms with Crippen molar-refractivity contribution in [3.8, 4) is 5.75 Å². The summed E-state index contributed by atoms with van der Waals surface area (Å²) < 4.78 is 1.55. The molecule has 0 saturated heterocycles. The number of carbonyl (C=O) groups excluding carboxylic acids is 1. The normalized spacial score (nSPS) is 10.3. The first-order valence-corrected chi connectivity index (χ1v) is 6.37. The van der Waals surface area contributed by atoms with Crippen molar-refractivity contribution in [2.45, 2.75) is 6.54 Å². The Morgan fingerprint density at radius 3 is 2.81 bits per heavy atom. The lowest BCUT2D eigenvalue weighted by Gasteiger charge is -2.07. The summed E-state index contributed by atoms with van der Waals surface area (Å²) in [5.74, 6) is -1.58. The number of phenolic OH excluding ortho intramolecular Hbond substituents is 1. The number of carboxylic acid groups (broad SMARTS) is 1. The Labute approximate surface area is 124 Å². The van der Waals surface area contributed by atoms with E-state index in [0.717, 1.165) is 0 Å². The Kier molecular flexibility index (Phi) is 4.44. The number of benzene rings is 1. The summed E-state index contributed by atoms with van der Waals surface area (Å²) >= 11 is 5.87. The molecule has 1 aromatic heterocycles. The average Bonchev–Trinajstić information content (AvgIpc) is 2.90. The summed E-state index contributed by atoms with van der Waals surface area (Å²) in [6, 6.07) is 4.09. The van der Waals surface area contributed by atoms with Gasteiger partial charge >= 0.3 is 5.97 Å². The number of amides is 1. The van der Waals surface area contributed by atoms with Crippen LogP contribution in [0.4, 0.5) is 0 Å². The molecular weight excluding hydrogens is 298 g/mol. The van der Waals surface area contributed by atoms with Crippen molar-refractivity contribution in [1.29, 1.82) is 0 Å². The minimum absolute atomic E-state index is 0.0507. The maximum atomic E-state index is 11.9. The number of hydrogen-bond acceptors (Lipinski definition) is 4. The first-order valence-electron chi connectivity index (χ1n) is 5.99. The fourth-order valence-electron chi connectivity index (χ4n) is 1.67. The second-order valence-corrected chi connectivity index (χ2v) is 4.63. The van der Waals surface area contributed by atoms with Crippen LogP contribution in [0, 0.1) is 0 Å². The van der Waals surface area contributed by atoms with Crippen molar-refractivity contribution in [2.24, 2.45) is 0 Å². The van der Waals surface area contributed by atoms with Crippen LogP contribution in [0.15, 0.2) is 30.7 Å². The highest BCUT2D eigenvalue weighted by molar-refractivity contribution is 6.33. The molecule has 0 unspecified atom stereocenters. The van der Waals surface area contributed by atoms with E-state index in [4.69, 9.17) is 16.7 Å². The molecule has 3 N–H and O–H groups in total. The maximum Gasteiger partial charge on any atom is 0.356 e. The summed E-state index contributed by atoms with van der Waals surface area (Å²) in [4.78, 5) is 26.3. The number of imidazole rings is 1. The molecule has 7 nitrogen and oxygen atoms in total. The number of halogens is 1. The van der Waals surface area contributed by atoms with E-state index in [-0.39, 0.29) is 28.6 Å². The second-order valence-electron chi connectivity index (χ2n) is 4.22. The minimum atomic E-state index is -1.11. The molecule has 0 spiro atoms. The van der Waals surface area contributed by atoms with Gasteiger partial charge in [-0.15, -0.1) is 0 Å². The zero-order valence-corrected chi connectivity index (χ0v) is 11.5. The first-order chi connectivity index (χ1) is 9.97. The van der Waals surface area contributed by atoms with Crippen molar-refractivity contribution >= 4 is 23.5 Å². The molecule has 8 heteroatoms. The third kappa shape index (κ3) is 3.73. The zero-order chi connectivity index (χ0) is 15.4. The molecule has 0 bridgehead atoms. The van der Waals surface area contributed by atoms with Crippen LogP contribution in [-0.4, -0.2) is 38.2 Å². The highest BCUT2D eigenvalue weighted by Crippen LogP contribution is 2.20. The van der Waals surface area contributed by atoms with Crippen LogP contribution in [0.5, 0.6) is 5.75 Å². The number of nitrogens with one attached hydrogen (secondary N) is 1. The second kappa shape index (κ2) is 6.27. The molecule has 0 atom stereocenters. The van der Waals surface area contributed by atoms with Crippen molar-refractivity contribution in [2.75, 3.05) is 6.54 Å². The quantitative estimate of drug-likeness (QED) is 0.773. The third-order valence-corrected chi connectivity index (χ3v) is 3.03. The third-order valence-electron chi connectivity index (χ3n) is 2.70. The Bertz CT molecular complexity index is 684. The van der Waals surface area contributed by atoms with E-state index < -0.39 is 11.9 Å². The van der Waals surface area contributed by atoms with E-state index in [1.807, 2.05) is 0 Å². The smallest absolute Gasteiger partial charge is 0.356 e. The Morgan fingerprint density at radius 1 is 1.38 bits per heavy atom. The van der Waals surface area contributed by atoms with Gasteiger partial charge in [0.1, 0.15) is 5.75 Å². The average molecular weight is 310 g/mol. The summed E-state index contributed by atoms with van der Waals surface area (Å²) in [5.41, 5.74) is 0.117. The Morgan fingerprint density at radius 2 is 2.14 bits per heavy atom. The van der Waals surface area contributed by atoms with Gasteiger partial charge in [0.05, 0.1) is 16.9 Å². The largest absolute Gasteiger partial charge is 0.508 e. The van der Waals surface area contributed by atoms with Crippen LogP contribution in [0.2, 0.25) is 5.02 Å². The highest BCUT2D eigenvalue weighted by atomic mass is 35.5. The standard InChI is InChI=1S/C13H12ClN3O4/c14-10-2-1-8(18)5-9(10)12(19)15-3-4-17-6-11(13(20)21)16-7-17/h1-2,5-7,18H,3-4H2,(H,15,19)(H,20,21). The summed E-state index contributed by atoms with van der Waals surface area (Å²) in [7, 11) is 0. The number of aromatic carboxylic acids is 1. The number of aromatic nitrogens is 2. The molecule has 0 fully saturated rings. The van der Waals surface area contributed by atoms with E-state index in [2.05, 4.69) is 10.3 Å². The molecule has 2 aromatic rings. The molecule has 2 rings (SSSR count). The SMILES string of the molecule is O=C(O)c1cn(CCNC(=O)c2cc(O)ccc2Cl)cn1. The topological polar surface area (TPSA) is 104 Å². The van der Waals surface area contributed by atoms with Gasteiger partial charge in [-0.05, 0) is 18.2 Å². The van der Waals surface area contributed by atoms with Gasteiger partial charge in [-0.25, -0.2) is 9.78 Å². The summed E-state index contributed by atoms with van der Waals surface area (Å²) in [6.45, 7) is 0.628. The first kappa shape index (κ1) is 14.9. The number of hydrogen-bond donors (Lipinski definition) is 3. The molecule has 0 aliphatic carbocycles. The van der Waals surface area contributed by atoms with Crippen LogP contribution < -0.4 is 5.32 Å². The van der Waals surface area contributed by atoms with Crippen LogP contribution >= 0.6 is 11.6 Å². The number of nitrogens with zero attached hydrogens (tertiary/aromatic N) is 2. The van der Waals surface area contributed by atoms with Crippen LogP contribution in [0.25, 0.3) is 0 Å². The van der Waals surface area contributed by atoms with Gasteiger partial charge in [0.25, 0.3) is 5.91 Å². The lowest BCUT2D eigenvalue weighted by Crippen LogP contribution is -2.27. The predicted molar refractivity (Wildman–Crippen MR) is 74.6 cm³/mol. The molecule has 110 valence electrons. The number of carbonyl (C=O) groups is 2. The zero-order valence-electron chi connectivity index (χ0n) is 10.8. The lowest BCUT2D eigenvalue weighted by atomic mass is 10.2.